The van der Waals surface area contributed by atoms with Crippen molar-refractivity contribution in [2.45, 2.75) is 6.42 Å². The normalized spacial score (nSPS) is 10.8. The van der Waals surface area contributed by atoms with Crippen molar-refractivity contribution in [3.63, 3.8) is 0 Å². The molecule has 1 aromatic rings. The molecule has 0 aliphatic heterocycles. The Labute approximate surface area is 173 Å². The molecule has 0 atom stereocenters. The van der Waals surface area contributed by atoms with Crippen LogP contribution >= 0.6 is 54.5 Å². The van der Waals surface area contributed by atoms with E-state index in [1.54, 1.807) is 12.1 Å². The number of hydrogen-bond acceptors (Lipinski definition) is 5. The zero-order chi connectivity index (χ0) is 17.6. The lowest BCUT2D eigenvalue weighted by Gasteiger charge is -2.11. The predicted molar refractivity (Wildman–Crippen MR) is 109 cm³/mol. The molecule has 0 saturated carbocycles. The van der Waals surface area contributed by atoms with Crippen molar-refractivity contribution < 1.29 is 23.7 Å². The average Bonchev–Trinajstić information content (AvgIpc) is 2.57. The minimum absolute atomic E-state index is 0.414. The molecule has 0 fully saturated rings. The van der Waals surface area contributed by atoms with Gasteiger partial charge in [-0.1, -0.05) is 22.6 Å². The van der Waals surface area contributed by atoms with E-state index in [0.717, 1.165) is 32.7 Å². The van der Waals surface area contributed by atoms with E-state index in [-0.39, 0.29) is 0 Å². The van der Waals surface area contributed by atoms with Crippen LogP contribution in [0.2, 0.25) is 0 Å². The van der Waals surface area contributed by atoms with E-state index in [9.17, 15) is 4.79 Å². The van der Waals surface area contributed by atoms with Gasteiger partial charge in [0.05, 0.1) is 42.0 Å². The Kier molecular flexibility index (Phi) is 13.4. The Morgan fingerprint density at radius 3 is 1.88 bits per heavy atom. The van der Waals surface area contributed by atoms with E-state index >= 15 is 0 Å². The van der Waals surface area contributed by atoms with Gasteiger partial charge in [-0.05, 0) is 50.4 Å². The van der Waals surface area contributed by atoms with Crippen LogP contribution in [0, 0.1) is 0 Å². The van der Waals surface area contributed by atoms with Crippen LogP contribution in [0.15, 0.2) is 21.1 Å². The summed E-state index contributed by atoms with van der Waals surface area (Å²) >= 11 is 9.10. The summed E-state index contributed by atoms with van der Waals surface area (Å²) in [6, 6.07) is 3.42. The van der Waals surface area contributed by atoms with Crippen molar-refractivity contribution >= 4 is 60.7 Å². The fourth-order valence-corrected chi connectivity index (χ4v) is 3.45. The largest absolute Gasteiger partial charge is 0.489 e. The molecule has 0 bridgehead atoms. The van der Waals surface area contributed by atoms with E-state index < -0.39 is 0 Å². The van der Waals surface area contributed by atoms with Crippen molar-refractivity contribution in [2.75, 3.05) is 50.7 Å². The molecule has 136 valence electrons. The monoisotopic (exact) mass is 578 g/mol. The summed E-state index contributed by atoms with van der Waals surface area (Å²) in [7, 11) is 0. The molecule has 24 heavy (non-hydrogen) atoms. The first-order valence-electron chi connectivity index (χ1n) is 7.55. The molecule has 0 aliphatic rings. The van der Waals surface area contributed by atoms with Crippen LogP contribution in [0.3, 0.4) is 0 Å². The number of rotatable bonds is 14. The smallest absolute Gasteiger partial charge is 0.150 e. The number of halogens is 3. The van der Waals surface area contributed by atoms with Crippen LogP contribution in [0.1, 0.15) is 16.8 Å². The highest BCUT2D eigenvalue weighted by Gasteiger charge is 2.08. The van der Waals surface area contributed by atoms with E-state index in [1.165, 1.54) is 0 Å². The average molecular weight is 580 g/mol. The zero-order valence-electron chi connectivity index (χ0n) is 13.3. The van der Waals surface area contributed by atoms with Gasteiger partial charge in [0.15, 0.2) is 0 Å². The van der Waals surface area contributed by atoms with Crippen LogP contribution < -0.4 is 4.74 Å². The van der Waals surface area contributed by atoms with Crippen molar-refractivity contribution in [1.82, 2.24) is 0 Å². The van der Waals surface area contributed by atoms with E-state index in [4.69, 9.17) is 18.9 Å². The summed E-state index contributed by atoms with van der Waals surface area (Å²) in [5.74, 6) is 0.657. The molecule has 1 rings (SSSR count). The summed E-state index contributed by atoms with van der Waals surface area (Å²) in [4.78, 5) is 10.8. The van der Waals surface area contributed by atoms with Gasteiger partial charge in [0.25, 0.3) is 0 Å². The summed E-state index contributed by atoms with van der Waals surface area (Å²) in [5, 5.41) is 0. The predicted octanol–water partition coefficient (Wildman–Crippen LogP) is 4.28. The highest BCUT2D eigenvalue weighted by molar-refractivity contribution is 14.1. The molecule has 0 saturated heterocycles. The number of carbonyl (C=O) groups excluding carboxylic acids is 1. The van der Waals surface area contributed by atoms with Gasteiger partial charge < -0.3 is 18.9 Å². The maximum atomic E-state index is 10.8. The molecular weight excluding hydrogens is 559 g/mol. The van der Waals surface area contributed by atoms with Crippen LogP contribution in [-0.4, -0.2) is 57.0 Å². The number of ether oxygens (including phenoxy) is 4. The molecule has 8 heteroatoms. The van der Waals surface area contributed by atoms with Gasteiger partial charge >= 0.3 is 0 Å². The molecular formula is C16H21Br2IO5. The Morgan fingerprint density at radius 1 is 0.875 bits per heavy atom. The number of hydrogen-bond donors (Lipinski definition) is 0. The number of alkyl halides is 1. The van der Waals surface area contributed by atoms with E-state index in [2.05, 4.69) is 54.5 Å². The summed E-state index contributed by atoms with van der Waals surface area (Å²) in [6.07, 6.45) is 1.87. The van der Waals surface area contributed by atoms with E-state index in [1.807, 2.05) is 0 Å². The first-order valence-corrected chi connectivity index (χ1v) is 10.7. The van der Waals surface area contributed by atoms with Crippen molar-refractivity contribution in [3.05, 3.63) is 26.6 Å². The van der Waals surface area contributed by atoms with Crippen LogP contribution in [0.25, 0.3) is 0 Å². The Balaban J connectivity index is 2.04. The maximum Gasteiger partial charge on any atom is 0.150 e. The number of benzene rings is 1. The molecule has 0 radical (unpaired) electrons. The summed E-state index contributed by atoms with van der Waals surface area (Å²) in [6.45, 7) is 3.93. The second-order valence-electron chi connectivity index (χ2n) is 4.66. The summed E-state index contributed by atoms with van der Waals surface area (Å²) in [5.41, 5.74) is 0.577. The van der Waals surface area contributed by atoms with Gasteiger partial charge in [0, 0.05) is 16.6 Å². The highest BCUT2D eigenvalue weighted by atomic mass is 127. The van der Waals surface area contributed by atoms with Crippen LogP contribution in [-0.2, 0) is 14.2 Å². The van der Waals surface area contributed by atoms with Crippen molar-refractivity contribution in [1.29, 1.82) is 0 Å². The second kappa shape index (κ2) is 14.4. The minimum Gasteiger partial charge on any atom is -0.489 e. The van der Waals surface area contributed by atoms with Crippen molar-refractivity contribution in [3.8, 4) is 5.75 Å². The topological polar surface area (TPSA) is 54.0 Å². The SMILES string of the molecule is O=Cc1cc(Br)c(OCCOCCOCCOCCCI)c(Br)c1. The standard InChI is InChI=1S/C16H21Br2IO5/c17-14-10-13(12-20)11-15(18)16(14)24-9-8-23-7-6-22-5-4-21-3-1-2-19/h10-12H,1-9H2. The van der Waals surface area contributed by atoms with Crippen LogP contribution in [0.5, 0.6) is 5.75 Å². The first-order chi connectivity index (χ1) is 11.7. The lowest BCUT2D eigenvalue weighted by Crippen LogP contribution is -2.13. The fourth-order valence-electron chi connectivity index (χ4n) is 1.69. The van der Waals surface area contributed by atoms with Gasteiger partial charge in [-0.3, -0.25) is 4.79 Å². The molecule has 0 amide bonds. The van der Waals surface area contributed by atoms with Crippen molar-refractivity contribution in [2.24, 2.45) is 0 Å². The van der Waals surface area contributed by atoms with Crippen LogP contribution in [0.4, 0.5) is 0 Å². The van der Waals surface area contributed by atoms with Gasteiger partial charge in [0.2, 0.25) is 0 Å². The minimum atomic E-state index is 0.414. The molecule has 0 spiro atoms. The van der Waals surface area contributed by atoms with Gasteiger partial charge in [-0.15, -0.1) is 0 Å². The first kappa shape index (κ1) is 22.3. The quantitative estimate of drug-likeness (QED) is 0.143. The number of carbonyl (C=O) groups is 1. The van der Waals surface area contributed by atoms with Gasteiger partial charge in [-0.2, -0.15) is 0 Å². The molecule has 0 N–H and O–H groups in total. The lowest BCUT2D eigenvalue weighted by molar-refractivity contribution is 0.00953. The Hall–Kier alpha value is 0.260. The fraction of sp³-hybridized carbons (Fsp3) is 0.562. The molecule has 5 nitrogen and oxygen atoms in total. The van der Waals surface area contributed by atoms with Gasteiger partial charge in [-0.25, -0.2) is 0 Å². The number of aldehydes is 1. The molecule has 0 aliphatic carbocycles. The van der Waals surface area contributed by atoms with E-state index in [0.29, 0.717) is 51.0 Å². The summed E-state index contributed by atoms with van der Waals surface area (Å²) < 4.78 is 24.5. The Bertz CT molecular complexity index is 465. The molecule has 0 unspecified atom stereocenters. The third-order valence-corrected chi connectivity index (χ3v) is 4.74. The lowest BCUT2D eigenvalue weighted by atomic mass is 10.2. The third kappa shape index (κ3) is 9.67. The molecule has 1 aromatic carbocycles. The zero-order valence-corrected chi connectivity index (χ0v) is 18.6. The highest BCUT2D eigenvalue weighted by Crippen LogP contribution is 2.34. The molecule has 0 heterocycles. The van der Waals surface area contributed by atoms with Gasteiger partial charge in [0.1, 0.15) is 18.6 Å². The maximum absolute atomic E-state index is 10.8. The molecule has 0 aromatic heterocycles. The third-order valence-electron chi connectivity index (χ3n) is 2.80. The second-order valence-corrected chi connectivity index (χ2v) is 7.45. The Morgan fingerprint density at radius 2 is 1.38 bits per heavy atom.